The highest BCUT2D eigenvalue weighted by atomic mass is 32.2. The maximum absolute atomic E-state index is 12.9. The molecule has 2 aromatic rings. The summed E-state index contributed by atoms with van der Waals surface area (Å²) in [6.45, 7) is 1.03. The van der Waals surface area contributed by atoms with Crippen LogP contribution in [0.2, 0.25) is 0 Å². The molecule has 0 unspecified atom stereocenters. The third-order valence-corrected chi connectivity index (χ3v) is 7.01. The Morgan fingerprint density at radius 1 is 1.00 bits per heavy atom. The van der Waals surface area contributed by atoms with Crippen molar-refractivity contribution in [1.29, 1.82) is 0 Å². The van der Waals surface area contributed by atoms with Gasteiger partial charge < -0.3 is 10.2 Å². The quantitative estimate of drug-likeness (QED) is 0.765. The fraction of sp³-hybridized carbons (Fsp3) is 0.364. The molecule has 1 aliphatic rings. The van der Waals surface area contributed by atoms with Crippen molar-refractivity contribution in [1.82, 2.24) is 9.21 Å². The zero-order valence-corrected chi connectivity index (χ0v) is 18.1. The summed E-state index contributed by atoms with van der Waals surface area (Å²) in [6, 6.07) is 13.1. The van der Waals surface area contributed by atoms with Gasteiger partial charge in [-0.15, -0.1) is 0 Å². The van der Waals surface area contributed by atoms with E-state index in [1.165, 1.54) is 21.3 Å². The second kappa shape index (κ2) is 9.40. The van der Waals surface area contributed by atoms with E-state index in [0.29, 0.717) is 18.8 Å². The molecule has 1 N–H and O–H groups in total. The summed E-state index contributed by atoms with van der Waals surface area (Å²) in [7, 11) is -0.188. The van der Waals surface area contributed by atoms with Gasteiger partial charge in [-0.25, -0.2) is 8.42 Å². The highest BCUT2D eigenvalue weighted by molar-refractivity contribution is 7.89. The number of carbonyl (C=O) groups is 2. The van der Waals surface area contributed by atoms with Gasteiger partial charge in [0.2, 0.25) is 15.9 Å². The second-order valence-electron chi connectivity index (χ2n) is 7.61. The number of sulfonamides is 1. The maximum Gasteiger partial charge on any atom is 0.255 e. The number of nitrogens with one attached hydrogen (secondary N) is 1. The fourth-order valence-corrected chi connectivity index (χ4v) is 4.86. The van der Waals surface area contributed by atoms with Gasteiger partial charge >= 0.3 is 0 Å². The van der Waals surface area contributed by atoms with Gasteiger partial charge in [-0.2, -0.15) is 4.31 Å². The van der Waals surface area contributed by atoms with Crippen LogP contribution in [0.3, 0.4) is 0 Å². The molecule has 160 valence electrons. The van der Waals surface area contributed by atoms with E-state index in [4.69, 9.17) is 0 Å². The molecule has 0 radical (unpaired) electrons. The Labute approximate surface area is 177 Å². The van der Waals surface area contributed by atoms with Crippen LogP contribution in [0.4, 0.5) is 5.69 Å². The SMILES string of the molecule is CN(C)C(=O)Cc1ccc(NC(=O)c2cccc(S(=O)(=O)N3CCCCC3)c2)cc1. The van der Waals surface area contributed by atoms with Gasteiger partial charge in [-0.05, 0) is 48.7 Å². The molecule has 8 heteroatoms. The highest BCUT2D eigenvalue weighted by Gasteiger charge is 2.26. The Morgan fingerprint density at radius 3 is 2.30 bits per heavy atom. The predicted molar refractivity (Wildman–Crippen MR) is 116 cm³/mol. The molecule has 3 rings (SSSR count). The fourth-order valence-electron chi connectivity index (χ4n) is 3.29. The molecule has 0 saturated carbocycles. The molecule has 1 heterocycles. The first-order valence-corrected chi connectivity index (χ1v) is 11.4. The first-order valence-electron chi connectivity index (χ1n) is 9.98. The van der Waals surface area contributed by atoms with Gasteiger partial charge in [-0.3, -0.25) is 9.59 Å². The third kappa shape index (κ3) is 5.25. The Morgan fingerprint density at radius 2 is 1.67 bits per heavy atom. The van der Waals surface area contributed by atoms with Crippen LogP contribution in [0.5, 0.6) is 0 Å². The van der Waals surface area contributed by atoms with Crippen LogP contribution in [-0.4, -0.2) is 56.6 Å². The lowest BCUT2D eigenvalue weighted by molar-refractivity contribution is -0.127. The van der Waals surface area contributed by atoms with Gasteiger partial charge in [-0.1, -0.05) is 24.6 Å². The van der Waals surface area contributed by atoms with Crippen molar-refractivity contribution < 1.29 is 18.0 Å². The van der Waals surface area contributed by atoms with Gasteiger partial charge in [0.05, 0.1) is 11.3 Å². The van der Waals surface area contributed by atoms with Crippen molar-refractivity contribution in [3.8, 4) is 0 Å². The summed E-state index contributed by atoms with van der Waals surface area (Å²) in [5, 5.41) is 2.78. The summed E-state index contributed by atoms with van der Waals surface area (Å²) < 4.78 is 27.2. The molecule has 1 saturated heterocycles. The number of piperidine rings is 1. The van der Waals surface area contributed by atoms with Gasteiger partial charge in [0.25, 0.3) is 5.91 Å². The zero-order chi connectivity index (χ0) is 21.7. The van der Waals surface area contributed by atoms with Crippen LogP contribution in [0, 0.1) is 0 Å². The molecule has 2 amide bonds. The second-order valence-corrected chi connectivity index (χ2v) is 9.55. The van der Waals surface area contributed by atoms with Crippen LogP contribution in [0.1, 0.15) is 35.2 Å². The molecular weight excluding hydrogens is 402 g/mol. The van der Waals surface area contributed by atoms with Crippen LogP contribution in [-0.2, 0) is 21.2 Å². The van der Waals surface area contributed by atoms with Crippen molar-refractivity contribution in [3.63, 3.8) is 0 Å². The van der Waals surface area contributed by atoms with E-state index in [0.717, 1.165) is 24.8 Å². The number of hydrogen-bond acceptors (Lipinski definition) is 4. The van der Waals surface area contributed by atoms with Crippen LogP contribution < -0.4 is 5.32 Å². The molecule has 1 aliphatic heterocycles. The molecule has 0 atom stereocenters. The van der Waals surface area contributed by atoms with E-state index in [-0.39, 0.29) is 28.7 Å². The van der Waals surface area contributed by atoms with Crippen molar-refractivity contribution >= 4 is 27.5 Å². The van der Waals surface area contributed by atoms with Crippen molar-refractivity contribution in [3.05, 3.63) is 59.7 Å². The largest absolute Gasteiger partial charge is 0.349 e. The van der Waals surface area contributed by atoms with Gasteiger partial charge in [0, 0.05) is 38.4 Å². The minimum atomic E-state index is -3.60. The standard InChI is InChI=1S/C22H27N3O4S/c1-24(2)21(26)15-17-9-11-19(12-10-17)23-22(27)18-7-6-8-20(16-18)30(28,29)25-13-4-3-5-14-25/h6-12,16H,3-5,13-15H2,1-2H3,(H,23,27). The lowest BCUT2D eigenvalue weighted by Gasteiger charge is -2.26. The number of anilines is 1. The van der Waals surface area contributed by atoms with Crippen LogP contribution in [0.25, 0.3) is 0 Å². The summed E-state index contributed by atoms with van der Waals surface area (Å²) >= 11 is 0. The molecule has 0 aromatic heterocycles. The van der Waals surface area contributed by atoms with Crippen LogP contribution in [0.15, 0.2) is 53.4 Å². The number of carbonyl (C=O) groups excluding carboxylic acids is 2. The summed E-state index contributed by atoms with van der Waals surface area (Å²) in [5.41, 5.74) is 1.70. The molecule has 7 nitrogen and oxygen atoms in total. The molecule has 0 bridgehead atoms. The highest BCUT2D eigenvalue weighted by Crippen LogP contribution is 2.22. The van der Waals surface area contributed by atoms with Crippen molar-refractivity contribution in [2.24, 2.45) is 0 Å². The maximum atomic E-state index is 12.9. The Kier molecular flexibility index (Phi) is 6.89. The smallest absolute Gasteiger partial charge is 0.255 e. The monoisotopic (exact) mass is 429 g/mol. The van der Waals surface area contributed by atoms with E-state index < -0.39 is 10.0 Å². The number of rotatable bonds is 6. The molecule has 30 heavy (non-hydrogen) atoms. The Balaban J connectivity index is 1.70. The number of nitrogens with zero attached hydrogens (tertiary/aromatic N) is 2. The summed E-state index contributed by atoms with van der Waals surface area (Å²) in [4.78, 5) is 26.1. The minimum Gasteiger partial charge on any atom is -0.349 e. The predicted octanol–water partition coefficient (Wildman–Crippen LogP) is 2.74. The minimum absolute atomic E-state index is 0.00137. The number of amides is 2. The van der Waals surface area contributed by atoms with E-state index >= 15 is 0 Å². The summed E-state index contributed by atoms with van der Waals surface area (Å²) in [6.07, 6.45) is 3.04. The topological polar surface area (TPSA) is 86.8 Å². The Bertz CT molecular complexity index is 1010. The van der Waals surface area contributed by atoms with Crippen LogP contribution >= 0.6 is 0 Å². The van der Waals surface area contributed by atoms with E-state index in [1.807, 2.05) is 0 Å². The first kappa shape index (κ1) is 22.0. The number of benzene rings is 2. The lowest BCUT2D eigenvalue weighted by atomic mass is 10.1. The number of hydrogen-bond donors (Lipinski definition) is 1. The van der Waals surface area contributed by atoms with Gasteiger partial charge in [0.1, 0.15) is 0 Å². The normalized spacial score (nSPS) is 14.9. The molecule has 0 spiro atoms. The third-order valence-electron chi connectivity index (χ3n) is 5.11. The van der Waals surface area contributed by atoms with E-state index in [1.54, 1.807) is 50.5 Å². The zero-order valence-electron chi connectivity index (χ0n) is 17.3. The van der Waals surface area contributed by atoms with E-state index in [2.05, 4.69) is 5.32 Å². The lowest BCUT2D eigenvalue weighted by Crippen LogP contribution is -2.35. The van der Waals surface area contributed by atoms with Crippen molar-refractivity contribution in [2.45, 2.75) is 30.6 Å². The van der Waals surface area contributed by atoms with E-state index in [9.17, 15) is 18.0 Å². The summed E-state index contributed by atoms with van der Waals surface area (Å²) in [5.74, 6) is -0.388. The number of likely N-dealkylation sites (N-methyl/N-ethyl adjacent to an activating group) is 1. The van der Waals surface area contributed by atoms with Gasteiger partial charge in [0.15, 0.2) is 0 Å². The first-order chi connectivity index (χ1) is 14.3. The molecule has 0 aliphatic carbocycles. The molecule has 2 aromatic carbocycles. The average Bonchev–Trinajstić information content (AvgIpc) is 2.75. The molecular formula is C22H27N3O4S. The average molecular weight is 430 g/mol. The Hall–Kier alpha value is -2.71. The van der Waals surface area contributed by atoms with Crippen molar-refractivity contribution in [2.75, 3.05) is 32.5 Å². The molecule has 1 fully saturated rings.